The molecule has 1 aliphatic carbocycles. The van der Waals surface area contributed by atoms with Gasteiger partial charge in [0.05, 0.1) is 0 Å². The molecule has 3 atom stereocenters. The SMILES string of the molecule is Cc1csc([C@]2(CN)[C@@H]3CN(C(=O)O)C[C@@H]32)n1. The highest BCUT2D eigenvalue weighted by Gasteiger charge is 2.70. The fourth-order valence-electron chi connectivity index (χ4n) is 3.17. The third kappa shape index (κ3) is 1.34. The highest BCUT2D eigenvalue weighted by atomic mass is 32.1. The molecular weight excluding hydrogens is 238 g/mol. The minimum absolute atomic E-state index is 0.0368. The molecule has 0 unspecified atom stereocenters. The molecule has 1 aromatic rings. The molecule has 92 valence electrons. The third-order valence-electron chi connectivity index (χ3n) is 4.16. The van der Waals surface area contributed by atoms with Gasteiger partial charge in [-0.05, 0) is 18.8 Å². The van der Waals surface area contributed by atoms with Crippen molar-refractivity contribution in [2.75, 3.05) is 19.6 Å². The number of piperidine rings is 1. The Balaban J connectivity index is 1.84. The van der Waals surface area contributed by atoms with Gasteiger partial charge in [0, 0.05) is 36.1 Å². The first-order valence-corrected chi connectivity index (χ1v) is 6.58. The first-order chi connectivity index (χ1) is 8.09. The van der Waals surface area contributed by atoms with Gasteiger partial charge in [0.1, 0.15) is 5.01 Å². The normalized spacial score (nSPS) is 34.8. The molecule has 2 aliphatic rings. The summed E-state index contributed by atoms with van der Waals surface area (Å²) < 4.78 is 0. The van der Waals surface area contributed by atoms with E-state index in [1.807, 2.05) is 12.3 Å². The number of hydrogen-bond acceptors (Lipinski definition) is 4. The van der Waals surface area contributed by atoms with Crippen LogP contribution < -0.4 is 5.73 Å². The summed E-state index contributed by atoms with van der Waals surface area (Å²) in [5, 5.41) is 12.1. The Morgan fingerprint density at radius 3 is 2.76 bits per heavy atom. The molecule has 5 nitrogen and oxygen atoms in total. The van der Waals surface area contributed by atoms with Crippen LogP contribution in [0.15, 0.2) is 5.38 Å². The van der Waals surface area contributed by atoms with Crippen LogP contribution in [0.3, 0.4) is 0 Å². The molecule has 6 heteroatoms. The fraction of sp³-hybridized carbons (Fsp3) is 0.636. The largest absolute Gasteiger partial charge is 0.465 e. The molecule has 3 rings (SSSR count). The van der Waals surface area contributed by atoms with E-state index < -0.39 is 6.09 Å². The van der Waals surface area contributed by atoms with E-state index in [1.165, 1.54) is 4.90 Å². The molecule has 1 aromatic heterocycles. The molecule has 0 bridgehead atoms. The maximum absolute atomic E-state index is 10.9. The van der Waals surface area contributed by atoms with E-state index in [9.17, 15) is 4.79 Å². The topological polar surface area (TPSA) is 79.5 Å². The van der Waals surface area contributed by atoms with E-state index in [2.05, 4.69) is 4.98 Å². The lowest BCUT2D eigenvalue weighted by atomic mass is 10.0. The average Bonchev–Trinajstić information content (AvgIpc) is 2.72. The smallest absolute Gasteiger partial charge is 0.407 e. The number of nitrogens with two attached hydrogens (primary N) is 1. The van der Waals surface area contributed by atoms with Gasteiger partial charge in [-0.1, -0.05) is 0 Å². The zero-order valence-corrected chi connectivity index (χ0v) is 10.4. The molecule has 3 N–H and O–H groups in total. The lowest BCUT2D eigenvalue weighted by Crippen LogP contribution is -2.37. The Bertz CT molecular complexity index is 461. The standard InChI is InChI=1S/C11H15N3O2S/c1-6-4-17-9(13-6)11(5-12)7-2-14(10(15)16)3-8(7)11/h4,7-8H,2-3,5,12H2,1H3,(H,15,16)/t7-,8+,11-. The Morgan fingerprint density at radius 2 is 2.35 bits per heavy atom. The molecule has 1 saturated heterocycles. The van der Waals surface area contributed by atoms with Crippen LogP contribution in [0.2, 0.25) is 0 Å². The number of hydrogen-bond donors (Lipinski definition) is 2. The number of rotatable bonds is 2. The van der Waals surface area contributed by atoms with Crippen LogP contribution in [-0.2, 0) is 5.41 Å². The Hall–Kier alpha value is -1.14. The summed E-state index contributed by atoms with van der Waals surface area (Å²) in [6, 6.07) is 0. The first kappa shape index (κ1) is 11.0. The molecule has 1 saturated carbocycles. The Morgan fingerprint density at radius 1 is 1.71 bits per heavy atom. The highest BCUT2D eigenvalue weighted by Crippen LogP contribution is 2.63. The van der Waals surface area contributed by atoms with Gasteiger partial charge in [-0.2, -0.15) is 0 Å². The number of aromatic nitrogens is 1. The predicted octanol–water partition coefficient (Wildman–Crippen LogP) is 0.888. The molecule has 17 heavy (non-hydrogen) atoms. The lowest BCUT2D eigenvalue weighted by Gasteiger charge is -2.22. The van der Waals surface area contributed by atoms with Crippen molar-refractivity contribution in [2.45, 2.75) is 12.3 Å². The summed E-state index contributed by atoms with van der Waals surface area (Å²) in [5.74, 6) is 0.739. The number of thiazole rings is 1. The van der Waals surface area contributed by atoms with Gasteiger partial charge >= 0.3 is 6.09 Å². The summed E-state index contributed by atoms with van der Waals surface area (Å²) >= 11 is 1.65. The summed E-state index contributed by atoms with van der Waals surface area (Å²) in [4.78, 5) is 16.9. The van der Waals surface area contributed by atoms with Crippen molar-refractivity contribution >= 4 is 17.4 Å². The average molecular weight is 253 g/mol. The minimum Gasteiger partial charge on any atom is -0.465 e. The van der Waals surface area contributed by atoms with Gasteiger partial charge in [-0.3, -0.25) is 0 Å². The molecule has 2 fully saturated rings. The Labute approximate surface area is 103 Å². The van der Waals surface area contributed by atoms with Crippen LogP contribution in [0.4, 0.5) is 4.79 Å². The van der Waals surface area contributed by atoms with Gasteiger partial charge < -0.3 is 15.7 Å². The quantitative estimate of drug-likeness (QED) is 0.820. The lowest BCUT2D eigenvalue weighted by molar-refractivity contribution is 0.147. The van der Waals surface area contributed by atoms with Crippen LogP contribution in [0, 0.1) is 18.8 Å². The van der Waals surface area contributed by atoms with E-state index in [0.717, 1.165) is 10.7 Å². The summed E-state index contributed by atoms with van der Waals surface area (Å²) in [6.07, 6.45) is -0.821. The van der Waals surface area contributed by atoms with Crippen LogP contribution in [0.25, 0.3) is 0 Å². The van der Waals surface area contributed by atoms with E-state index >= 15 is 0 Å². The van der Waals surface area contributed by atoms with E-state index in [0.29, 0.717) is 31.5 Å². The molecule has 0 radical (unpaired) electrons. The van der Waals surface area contributed by atoms with Crippen molar-refractivity contribution in [3.05, 3.63) is 16.1 Å². The monoisotopic (exact) mass is 253 g/mol. The highest BCUT2D eigenvalue weighted by molar-refractivity contribution is 7.09. The second-order valence-electron chi connectivity index (χ2n) is 4.94. The number of amides is 1. The summed E-state index contributed by atoms with van der Waals surface area (Å²) in [6.45, 7) is 3.76. The number of likely N-dealkylation sites (tertiary alicyclic amines) is 1. The molecule has 0 spiro atoms. The molecule has 0 aromatic carbocycles. The molecular formula is C11H15N3O2S. The number of nitrogens with zero attached hydrogens (tertiary/aromatic N) is 2. The van der Waals surface area contributed by atoms with Crippen molar-refractivity contribution < 1.29 is 9.90 Å². The fourth-order valence-corrected chi connectivity index (χ4v) is 4.30. The maximum Gasteiger partial charge on any atom is 0.407 e. The van der Waals surface area contributed by atoms with Crippen LogP contribution >= 0.6 is 11.3 Å². The van der Waals surface area contributed by atoms with Gasteiger partial charge in [0.25, 0.3) is 0 Å². The van der Waals surface area contributed by atoms with E-state index in [4.69, 9.17) is 10.8 Å². The maximum atomic E-state index is 10.9. The number of aryl methyl sites for hydroxylation is 1. The van der Waals surface area contributed by atoms with Gasteiger partial charge in [-0.15, -0.1) is 11.3 Å². The van der Waals surface area contributed by atoms with Crippen molar-refractivity contribution in [1.82, 2.24) is 9.88 Å². The van der Waals surface area contributed by atoms with Gasteiger partial charge in [0.15, 0.2) is 0 Å². The van der Waals surface area contributed by atoms with E-state index in [-0.39, 0.29) is 5.41 Å². The van der Waals surface area contributed by atoms with Crippen molar-refractivity contribution in [3.8, 4) is 0 Å². The number of carboxylic acid groups (broad SMARTS) is 1. The number of carbonyl (C=O) groups is 1. The third-order valence-corrected chi connectivity index (χ3v) is 5.31. The predicted molar refractivity (Wildman–Crippen MR) is 64.2 cm³/mol. The van der Waals surface area contributed by atoms with Crippen LogP contribution in [-0.4, -0.2) is 40.7 Å². The van der Waals surface area contributed by atoms with Crippen LogP contribution in [0.5, 0.6) is 0 Å². The first-order valence-electron chi connectivity index (χ1n) is 5.70. The van der Waals surface area contributed by atoms with E-state index in [1.54, 1.807) is 11.3 Å². The number of fused-ring (bicyclic) bond motifs is 1. The van der Waals surface area contributed by atoms with Gasteiger partial charge in [0.2, 0.25) is 0 Å². The van der Waals surface area contributed by atoms with Crippen molar-refractivity contribution in [2.24, 2.45) is 17.6 Å². The second-order valence-corrected chi connectivity index (χ2v) is 5.80. The minimum atomic E-state index is -0.821. The summed E-state index contributed by atoms with van der Waals surface area (Å²) in [5.41, 5.74) is 6.91. The zero-order chi connectivity index (χ0) is 12.2. The molecule has 1 amide bonds. The molecule has 1 aliphatic heterocycles. The zero-order valence-electron chi connectivity index (χ0n) is 9.59. The Kier molecular flexibility index (Phi) is 2.21. The van der Waals surface area contributed by atoms with Crippen molar-refractivity contribution in [1.29, 1.82) is 0 Å². The molecule has 2 heterocycles. The second kappa shape index (κ2) is 3.43. The van der Waals surface area contributed by atoms with Crippen molar-refractivity contribution in [3.63, 3.8) is 0 Å². The van der Waals surface area contributed by atoms with Crippen LogP contribution in [0.1, 0.15) is 10.7 Å². The van der Waals surface area contributed by atoms with Gasteiger partial charge in [-0.25, -0.2) is 9.78 Å². The summed E-state index contributed by atoms with van der Waals surface area (Å²) in [7, 11) is 0.